The van der Waals surface area contributed by atoms with Crippen LogP contribution in [-0.2, 0) is 0 Å². The molecule has 0 unspecified atom stereocenters. The van der Waals surface area contributed by atoms with Crippen molar-refractivity contribution in [2.75, 3.05) is 26.2 Å². The Morgan fingerprint density at radius 1 is 0.625 bits per heavy atom. The van der Waals surface area contributed by atoms with Gasteiger partial charge in [-0.3, -0.25) is 0 Å². The van der Waals surface area contributed by atoms with Crippen LogP contribution in [0.2, 0.25) is 0 Å². The normalized spacial score (nSPS) is 11.2. The second kappa shape index (κ2) is 11.5. The molecule has 0 N–H and O–H groups in total. The van der Waals surface area contributed by atoms with Crippen LogP contribution in [0.1, 0.15) is 66.2 Å². The molecule has 0 fully saturated rings. The molecule has 0 atom stereocenters. The second-order valence-electron chi connectivity index (χ2n) is 4.89. The van der Waals surface area contributed by atoms with E-state index in [1.807, 2.05) is 0 Å². The summed E-state index contributed by atoms with van der Waals surface area (Å²) in [5, 5.41) is 0. The minimum atomic E-state index is 0. The van der Waals surface area contributed by atoms with Crippen LogP contribution in [0.15, 0.2) is 0 Å². The maximum absolute atomic E-state index is 2.38. The van der Waals surface area contributed by atoms with Crippen LogP contribution < -0.4 is 0 Å². The highest BCUT2D eigenvalue weighted by molar-refractivity contribution is 5.75. The smallest absolute Gasteiger partial charge is 0.0786 e. The lowest BCUT2D eigenvalue weighted by molar-refractivity contribution is -0.927. The molecule has 0 amide bonds. The van der Waals surface area contributed by atoms with E-state index in [9.17, 15) is 0 Å². The van der Waals surface area contributed by atoms with Crippen LogP contribution in [-0.4, -0.2) is 39.1 Å². The van der Waals surface area contributed by atoms with Crippen LogP contribution in [0.4, 0.5) is 0 Å². The van der Waals surface area contributed by atoms with E-state index in [-0.39, 0.29) is 8.41 Å². The van der Waals surface area contributed by atoms with E-state index < -0.39 is 0 Å². The molecule has 0 aromatic rings. The number of rotatable bonds is 10. The van der Waals surface area contributed by atoms with Crippen LogP contribution in [0, 0.1) is 0 Å². The van der Waals surface area contributed by atoms with Gasteiger partial charge < -0.3 is 4.48 Å². The van der Waals surface area contributed by atoms with Crippen molar-refractivity contribution in [2.45, 2.75) is 66.2 Å². The average molecular weight is 225 g/mol. The van der Waals surface area contributed by atoms with Gasteiger partial charge in [0.1, 0.15) is 0 Å². The Balaban J connectivity index is 0. The third kappa shape index (κ3) is 7.32. The van der Waals surface area contributed by atoms with Gasteiger partial charge in [-0.1, -0.05) is 40.0 Å². The molecule has 0 spiro atoms. The zero-order valence-electron chi connectivity index (χ0n) is 12.1. The summed E-state index contributed by atoms with van der Waals surface area (Å²) < 4.78 is 1.38. The first kappa shape index (κ1) is 18.4. The molecule has 95 valence electrons. The van der Waals surface area contributed by atoms with E-state index in [4.69, 9.17) is 0 Å². The zero-order chi connectivity index (χ0) is 11.6. The molecule has 0 saturated carbocycles. The summed E-state index contributed by atoms with van der Waals surface area (Å²) in [6.07, 6.45) is 8.25. The quantitative estimate of drug-likeness (QED) is 0.391. The van der Waals surface area contributed by atoms with Gasteiger partial charge in [0.15, 0.2) is 0 Å². The molecule has 0 aliphatic carbocycles. The molecule has 2 heteroatoms. The number of hydrogen-bond donors (Lipinski definition) is 0. The van der Waals surface area contributed by atoms with Gasteiger partial charge in [-0.25, -0.2) is 0 Å². The van der Waals surface area contributed by atoms with Gasteiger partial charge in [0.05, 0.1) is 26.2 Å². The lowest BCUT2D eigenvalue weighted by Crippen LogP contribution is -2.49. The first-order valence-corrected chi connectivity index (χ1v) is 7.09. The Morgan fingerprint density at radius 3 is 1.12 bits per heavy atom. The fourth-order valence-corrected chi connectivity index (χ4v) is 2.29. The van der Waals surface area contributed by atoms with E-state index in [2.05, 4.69) is 27.7 Å². The van der Waals surface area contributed by atoms with Crippen LogP contribution in [0.5, 0.6) is 0 Å². The molecule has 16 heavy (non-hydrogen) atoms. The van der Waals surface area contributed by atoms with Crippen molar-refractivity contribution in [2.24, 2.45) is 0 Å². The van der Waals surface area contributed by atoms with Crippen molar-refractivity contribution in [3.63, 3.8) is 0 Å². The van der Waals surface area contributed by atoms with Gasteiger partial charge >= 0.3 is 0 Å². The first-order valence-electron chi connectivity index (χ1n) is 7.09. The lowest BCUT2D eigenvalue weighted by Gasteiger charge is -2.38. The van der Waals surface area contributed by atoms with Crippen molar-refractivity contribution in [3.8, 4) is 0 Å². The predicted molar refractivity (Wildman–Crippen MR) is 75.9 cm³/mol. The molecule has 0 rings (SSSR count). The Labute approximate surface area is 106 Å². The molecule has 0 saturated heterocycles. The van der Waals surface area contributed by atoms with Gasteiger partial charge in [-0.15, -0.1) is 0 Å². The Morgan fingerprint density at radius 2 is 0.938 bits per heavy atom. The number of unbranched alkanes of at least 4 members (excludes halogenated alkanes) is 3. The monoisotopic (exact) mass is 225 g/mol. The molecule has 3 radical (unpaired) electrons. The summed E-state index contributed by atoms with van der Waals surface area (Å²) in [6, 6.07) is 0. The molecular weight excluding hydrogens is 193 g/mol. The first-order chi connectivity index (χ1) is 7.24. The van der Waals surface area contributed by atoms with E-state index in [0.717, 1.165) is 0 Å². The summed E-state index contributed by atoms with van der Waals surface area (Å²) in [4.78, 5) is 0. The number of hydrogen-bond acceptors (Lipinski definition) is 0. The number of quaternary nitrogens is 1. The summed E-state index contributed by atoms with van der Waals surface area (Å²) in [5.41, 5.74) is 0. The molecular formula is C14H32BN+. The highest BCUT2D eigenvalue weighted by Gasteiger charge is 2.22. The average Bonchev–Trinajstić information content (AvgIpc) is 2.29. The van der Waals surface area contributed by atoms with E-state index in [1.54, 1.807) is 0 Å². The molecule has 0 aromatic heterocycles. The summed E-state index contributed by atoms with van der Waals surface area (Å²) >= 11 is 0. The van der Waals surface area contributed by atoms with Gasteiger partial charge in [0.2, 0.25) is 0 Å². The minimum absolute atomic E-state index is 0. The Hall–Kier alpha value is 0.0249. The van der Waals surface area contributed by atoms with Crippen LogP contribution >= 0.6 is 0 Å². The van der Waals surface area contributed by atoms with Crippen molar-refractivity contribution in [1.29, 1.82) is 0 Å². The van der Waals surface area contributed by atoms with Crippen LogP contribution in [0.3, 0.4) is 0 Å². The molecule has 0 aliphatic rings. The highest BCUT2D eigenvalue weighted by Crippen LogP contribution is 2.14. The lowest BCUT2D eigenvalue weighted by atomic mass is 10.1. The minimum Gasteiger partial charge on any atom is -0.324 e. The van der Waals surface area contributed by atoms with E-state index in [1.165, 1.54) is 69.2 Å². The molecule has 0 aliphatic heterocycles. The van der Waals surface area contributed by atoms with Gasteiger partial charge in [-0.2, -0.15) is 0 Å². The van der Waals surface area contributed by atoms with E-state index >= 15 is 0 Å². The largest absolute Gasteiger partial charge is 0.324 e. The standard InChI is InChI=1S/C14H32N.B/c1-5-9-12-15(8-4,13-10-6-2)14-11-7-3;/h5-14H2,1-4H3;/q+1;. The molecule has 0 bridgehead atoms. The molecule has 1 nitrogen and oxygen atoms in total. The topological polar surface area (TPSA) is 0 Å². The summed E-state index contributed by atoms with van der Waals surface area (Å²) in [7, 11) is 0. The van der Waals surface area contributed by atoms with Crippen molar-refractivity contribution < 1.29 is 4.48 Å². The van der Waals surface area contributed by atoms with Crippen LogP contribution in [0.25, 0.3) is 0 Å². The molecule has 0 heterocycles. The Bertz CT molecular complexity index is 115. The fraction of sp³-hybridized carbons (Fsp3) is 1.00. The van der Waals surface area contributed by atoms with Gasteiger partial charge in [0.25, 0.3) is 0 Å². The highest BCUT2D eigenvalue weighted by atomic mass is 15.3. The van der Waals surface area contributed by atoms with Gasteiger partial charge in [0, 0.05) is 8.41 Å². The SMILES string of the molecule is CCCC[N+](CC)(CCCC)CCCC.[B]. The third-order valence-electron chi connectivity index (χ3n) is 3.63. The maximum Gasteiger partial charge on any atom is 0.0786 e. The third-order valence-corrected chi connectivity index (χ3v) is 3.63. The fourth-order valence-electron chi connectivity index (χ4n) is 2.29. The number of nitrogens with zero attached hydrogens (tertiary/aromatic N) is 1. The second-order valence-corrected chi connectivity index (χ2v) is 4.89. The van der Waals surface area contributed by atoms with Crippen molar-refractivity contribution >= 4 is 8.41 Å². The summed E-state index contributed by atoms with van der Waals surface area (Å²) in [6.45, 7) is 14.9. The maximum atomic E-state index is 2.38. The zero-order valence-corrected chi connectivity index (χ0v) is 12.1. The predicted octanol–water partition coefficient (Wildman–Crippen LogP) is 3.84. The van der Waals surface area contributed by atoms with Crippen molar-refractivity contribution in [1.82, 2.24) is 0 Å². The van der Waals surface area contributed by atoms with Crippen molar-refractivity contribution in [3.05, 3.63) is 0 Å². The van der Waals surface area contributed by atoms with E-state index in [0.29, 0.717) is 0 Å². The van der Waals surface area contributed by atoms with Gasteiger partial charge in [-0.05, 0) is 26.2 Å². The molecule has 0 aromatic carbocycles. The Kier molecular flexibility index (Phi) is 13.2. The summed E-state index contributed by atoms with van der Waals surface area (Å²) in [5.74, 6) is 0.